The molecule has 0 radical (unpaired) electrons. The van der Waals surface area contributed by atoms with Gasteiger partial charge in [-0.25, -0.2) is 4.79 Å². The maximum atomic E-state index is 12.0. The van der Waals surface area contributed by atoms with E-state index in [0.29, 0.717) is 36.4 Å². The monoisotopic (exact) mass is 401 g/mol. The number of aromatic amines is 1. The summed E-state index contributed by atoms with van der Waals surface area (Å²) in [7, 11) is 1.61. The Kier molecular flexibility index (Phi) is 6.02. The van der Waals surface area contributed by atoms with Crippen LogP contribution >= 0.6 is 0 Å². The molecule has 2 atom stereocenters. The Bertz CT molecular complexity index is 840. The molecule has 0 spiro atoms. The predicted octanol–water partition coefficient (Wildman–Crippen LogP) is 3.48. The Morgan fingerprint density at radius 1 is 1.21 bits per heavy atom. The van der Waals surface area contributed by atoms with Gasteiger partial charge in [0.2, 0.25) is 5.88 Å². The summed E-state index contributed by atoms with van der Waals surface area (Å²) >= 11 is 0. The average Bonchev–Trinajstić information content (AvgIpc) is 3.36. The van der Waals surface area contributed by atoms with Crippen molar-refractivity contribution >= 4 is 17.7 Å². The number of nitrogens with zero attached hydrogens (tertiary/aromatic N) is 2. The molecule has 156 valence electrons. The molecule has 3 N–H and O–H groups in total. The van der Waals surface area contributed by atoms with E-state index in [4.69, 9.17) is 14.2 Å². The van der Waals surface area contributed by atoms with Gasteiger partial charge in [0.1, 0.15) is 6.10 Å². The van der Waals surface area contributed by atoms with Crippen molar-refractivity contribution in [3.05, 3.63) is 23.9 Å². The Hall–Kier alpha value is -2.97. The van der Waals surface area contributed by atoms with Gasteiger partial charge in [0, 0.05) is 30.3 Å². The highest BCUT2D eigenvalue weighted by Crippen LogP contribution is 2.36. The van der Waals surface area contributed by atoms with Crippen molar-refractivity contribution in [1.82, 2.24) is 20.5 Å². The molecule has 9 heteroatoms. The van der Waals surface area contributed by atoms with Crippen molar-refractivity contribution in [1.29, 1.82) is 0 Å². The number of amides is 1. The van der Waals surface area contributed by atoms with Gasteiger partial charge in [0.05, 0.1) is 13.7 Å². The van der Waals surface area contributed by atoms with E-state index in [1.54, 1.807) is 13.2 Å². The molecule has 9 nitrogen and oxygen atoms in total. The van der Waals surface area contributed by atoms with Crippen LogP contribution in [0.25, 0.3) is 0 Å². The lowest BCUT2D eigenvalue weighted by atomic mass is 10.0. The molecule has 1 saturated carbocycles. The third-order valence-electron chi connectivity index (χ3n) is 5.34. The molecule has 0 saturated heterocycles. The van der Waals surface area contributed by atoms with Crippen molar-refractivity contribution in [2.45, 2.75) is 50.5 Å². The standard InChI is InChI=1S/C20H27N5O4/c1-27-16-7-8-18-23-19(16)22-17-12-15(24-25-17)13-5-6-14(11-13)29-20(26)21-9-3-2-4-10-28-18/h7-8,12-14H,2-6,9-11H2,1H3,(H,21,26)(H2,22,23,24,25)/t13-,14+/m0/s1. The first-order valence-corrected chi connectivity index (χ1v) is 10.2. The smallest absolute Gasteiger partial charge is 0.407 e. The number of methoxy groups -OCH3 is 1. The van der Waals surface area contributed by atoms with Crippen LogP contribution in [0.3, 0.4) is 0 Å². The largest absolute Gasteiger partial charge is 0.493 e. The number of alkyl carbamates (subject to hydrolysis) is 1. The number of anilines is 2. The molecular formula is C20H27N5O4. The lowest BCUT2D eigenvalue weighted by Gasteiger charge is -2.13. The van der Waals surface area contributed by atoms with E-state index in [0.717, 1.165) is 44.2 Å². The first-order valence-electron chi connectivity index (χ1n) is 10.2. The molecule has 2 aromatic heterocycles. The van der Waals surface area contributed by atoms with E-state index < -0.39 is 0 Å². The third kappa shape index (κ3) is 4.90. The van der Waals surface area contributed by atoms with Gasteiger partial charge in [-0.3, -0.25) is 5.10 Å². The fourth-order valence-electron chi connectivity index (χ4n) is 3.79. The fraction of sp³-hybridized carbons (Fsp3) is 0.550. The summed E-state index contributed by atoms with van der Waals surface area (Å²) < 4.78 is 16.7. The predicted molar refractivity (Wildman–Crippen MR) is 107 cm³/mol. The van der Waals surface area contributed by atoms with E-state index >= 15 is 0 Å². The van der Waals surface area contributed by atoms with Crippen molar-refractivity contribution in [2.75, 3.05) is 25.6 Å². The van der Waals surface area contributed by atoms with Gasteiger partial charge >= 0.3 is 6.09 Å². The van der Waals surface area contributed by atoms with Crippen LogP contribution in [0.1, 0.15) is 50.1 Å². The van der Waals surface area contributed by atoms with Crippen LogP contribution in [0, 0.1) is 0 Å². The second kappa shape index (κ2) is 9.02. The molecule has 0 unspecified atom stereocenters. The summed E-state index contributed by atoms with van der Waals surface area (Å²) in [5.74, 6) is 2.64. The van der Waals surface area contributed by atoms with E-state index in [1.165, 1.54) is 0 Å². The number of carbonyl (C=O) groups is 1. The summed E-state index contributed by atoms with van der Waals surface area (Å²) in [5.41, 5.74) is 1.02. The molecular weight excluding hydrogens is 374 g/mol. The quantitative estimate of drug-likeness (QED) is 0.671. The first-order chi connectivity index (χ1) is 14.2. The summed E-state index contributed by atoms with van der Waals surface area (Å²) in [5, 5.41) is 13.5. The van der Waals surface area contributed by atoms with E-state index in [-0.39, 0.29) is 18.1 Å². The van der Waals surface area contributed by atoms with Gasteiger partial charge < -0.3 is 24.8 Å². The highest BCUT2D eigenvalue weighted by atomic mass is 16.6. The minimum absolute atomic E-state index is 0.0614. The number of nitrogens with one attached hydrogen (secondary N) is 3. The molecule has 1 aliphatic carbocycles. The van der Waals surface area contributed by atoms with E-state index in [9.17, 15) is 4.79 Å². The first kappa shape index (κ1) is 19.4. The number of hydrogen-bond acceptors (Lipinski definition) is 7. The highest BCUT2D eigenvalue weighted by molar-refractivity contribution is 5.67. The van der Waals surface area contributed by atoms with Crippen LogP contribution in [0.2, 0.25) is 0 Å². The summed E-state index contributed by atoms with van der Waals surface area (Å²) in [6.45, 7) is 1.16. The normalized spacial score (nSPS) is 22.7. The van der Waals surface area contributed by atoms with Gasteiger partial charge in [-0.2, -0.15) is 10.1 Å². The lowest BCUT2D eigenvalue weighted by Crippen LogP contribution is -2.28. The summed E-state index contributed by atoms with van der Waals surface area (Å²) in [6.07, 6.45) is 4.91. The van der Waals surface area contributed by atoms with Gasteiger partial charge in [-0.1, -0.05) is 0 Å². The number of ether oxygens (including phenoxy) is 3. The molecule has 0 aromatic carbocycles. The number of aromatic nitrogens is 3. The SMILES string of the molecule is COc1ccc2nc1Nc1cc([nH]n1)[C@H]1CC[C@H](C1)OC(=O)NCCCCCO2. The Morgan fingerprint density at radius 3 is 3.03 bits per heavy atom. The molecule has 1 aliphatic heterocycles. The Balaban J connectivity index is 1.53. The minimum atomic E-state index is -0.330. The van der Waals surface area contributed by atoms with Crippen LogP contribution in [-0.2, 0) is 4.74 Å². The third-order valence-corrected chi connectivity index (χ3v) is 5.34. The number of fused-ring (bicyclic) bond motifs is 7. The van der Waals surface area contributed by atoms with Gasteiger partial charge in [-0.15, -0.1) is 0 Å². The number of hydrogen-bond donors (Lipinski definition) is 3. The lowest BCUT2D eigenvalue weighted by molar-refractivity contribution is 0.100. The van der Waals surface area contributed by atoms with Gasteiger partial charge in [0.15, 0.2) is 17.4 Å². The number of H-pyrrole nitrogens is 1. The second-order valence-electron chi connectivity index (χ2n) is 7.41. The zero-order valence-electron chi connectivity index (χ0n) is 16.6. The molecule has 2 aliphatic rings. The zero-order chi connectivity index (χ0) is 20.1. The van der Waals surface area contributed by atoms with E-state index in [2.05, 4.69) is 25.8 Å². The van der Waals surface area contributed by atoms with Crippen LogP contribution in [0.15, 0.2) is 18.2 Å². The molecule has 29 heavy (non-hydrogen) atoms. The van der Waals surface area contributed by atoms with Gasteiger partial charge in [-0.05, 0) is 44.6 Å². The van der Waals surface area contributed by atoms with Crippen LogP contribution < -0.4 is 20.1 Å². The van der Waals surface area contributed by atoms with Crippen molar-refractivity contribution < 1.29 is 19.0 Å². The fourth-order valence-corrected chi connectivity index (χ4v) is 3.79. The van der Waals surface area contributed by atoms with Crippen LogP contribution in [-0.4, -0.2) is 47.6 Å². The Morgan fingerprint density at radius 2 is 2.14 bits per heavy atom. The topological polar surface area (TPSA) is 110 Å². The second-order valence-corrected chi connectivity index (χ2v) is 7.41. The molecule has 2 aromatic rings. The zero-order valence-corrected chi connectivity index (χ0v) is 16.6. The van der Waals surface area contributed by atoms with Crippen LogP contribution in [0.4, 0.5) is 16.4 Å². The molecule has 3 heterocycles. The van der Waals surface area contributed by atoms with Crippen LogP contribution in [0.5, 0.6) is 11.6 Å². The van der Waals surface area contributed by atoms with Crippen molar-refractivity contribution in [3.8, 4) is 11.6 Å². The molecule has 4 rings (SSSR count). The Labute approximate surface area is 169 Å². The molecule has 6 bridgehead atoms. The number of rotatable bonds is 1. The molecule has 1 amide bonds. The molecule has 1 fully saturated rings. The minimum Gasteiger partial charge on any atom is -0.493 e. The average molecular weight is 401 g/mol. The summed E-state index contributed by atoms with van der Waals surface area (Å²) in [6, 6.07) is 5.59. The summed E-state index contributed by atoms with van der Waals surface area (Å²) in [4.78, 5) is 16.5. The van der Waals surface area contributed by atoms with Gasteiger partial charge in [0.25, 0.3) is 0 Å². The van der Waals surface area contributed by atoms with E-state index in [1.807, 2.05) is 12.1 Å². The highest BCUT2D eigenvalue weighted by Gasteiger charge is 2.30. The van der Waals surface area contributed by atoms with Crippen molar-refractivity contribution in [2.24, 2.45) is 0 Å². The maximum absolute atomic E-state index is 12.0. The van der Waals surface area contributed by atoms with Crippen molar-refractivity contribution in [3.63, 3.8) is 0 Å². The number of carbonyl (C=O) groups excluding carboxylic acids is 1. The maximum Gasteiger partial charge on any atom is 0.407 e. The number of pyridine rings is 1.